The van der Waals surface area contributed by atoms with E-state index in [0.29, 0.717) is 18.7 Å². The summed E-state index contributed by atoms with van der Waals surface area (Å²) >= 11 is 0. The van der Waals surface area contributed by atoms with Crippen molar-refractivity contribution in [2.24, 2.45) is 0 Å². The molecule has 0 aliphatic carbocycles. The van der Waals surface area contributed by atoms with Gasteiger partial charge in [-0.3, -0.25) is 4.79 Å². The SMILES string of the molecule is Cc1ncoc1C(=O)NCCCCC#N. The lowest BCUT2D eigenvalue weighted by Crippen LogP contribution is -2.24. The summed E-state index contributed by atoms with van der Waals surface area (Å²) < 4.78 is 4.93. The van der Waals surface area contributed by atoms with Gasteiger partial charge >= 0.3 is 0 Å². The molecule has 0 saturated heterocycles. The Morgan fingerprint density at radius 2 is 2.47 bits per heavy atom. The zero-order chi connectivity index (χ0) is 11.1. The molecule has 0 bridgehead atoms. The fourth-order valence-corrected chi connectivity index (χ4v) is 1.13. The first-order valence-corrected chi connectivity index (χ1v) is 4.81. The van der Waals surface area contributed by atoms with Gasteiger partial charge in [-0.1, -0.05) is 0 Å². The molecule has 5 heteroatoms. The number of aromatic nitrogens is 1. The van der Waals surface area contributed by atoms with Crippen molar-refractivity contribution in [3.05, 3.63) is 17.8 Å². The molecular formula is C10H13N3O2. The maximum Gasteiger partial charge on any atom is 0.288 e. The van der Waals surface area contributed by atoms with Gasteiger partial charge in [-0.15, -0.1) is 0 Å². The van der Waals surface area contributed by atoms with Crippen LogP contribution in [0.5, 0.6) is 0 Å². The van der Waals surface area contributed by atoms with Gasteiger partial charge in [-0.25, -0.2) is 4.98 Å². The first-order chi connectivity index (χ1) is 7.25. The second-order valence-corrected chi connectivity index (χ2v) is 3.14. The molecule has 0 atom stereocenters. The van der Waals surface area contributed by atoms with E-state index < -0.39 is 0 Å². The predicted molar refractivity (Wildman–Crippen MR) is 53.0 cm³/mol. The van der Waals surface area contributed by atoms with Gasteiger partial charge in [0.25, 0.3) is 5.91 Å². The van der Waals surface area contributed by atoms with E-state index in [0.717, 1.165) is 12.8 Å². The predicted octanol–water partition coefficient (Wildman–Crippen LogP) is 1.41. The van der Waals surface area contributed by atoms with E-state index in [1.54, 1.807) is 6.92 Å². The Labute approximate surface area is 88.1 Å². The van der Waals surface area contributed by atoms with Crippen LogP contribution in [0.3, 0.4) is 0 Å². The zero-order valence-corrected chi connectivity index (χ0v) is 8.62. The summed E-state index contributed by atoms with van der Waals surface area (Å²) in [7, 11) is 0. The molecule has 0 radical (unpaired) electrons. The van der Waals surface area contributed by atoms with Crippen molar-refractivity contribution in [3.8, 4) is 6.07 Å². The van der Waals surface area contributed by atoms with Gasteiger partial charge in [0.05, 0.1) is 11.8 Å². The molecule has 15 heavy (non-hydrogen) atoms. The average Bonchev–Trinajstić information content (AvgIpc) is 2.64. The van der Waals surface area contributed by atoms with Crippen LogP contribution in [0.25, 0.3) is 0 Å². The van der Waals surface area contributed by atoms with E-state index in [-0.39, 0.29) is 11.7 Å². The van der Waals surface area contributed by atoms with Crippen molar-refractivity contribution in [2.75, 3.05) is 6.54 Å². The summed E-state index contributed by atoms with van der Waals surface area (Å²) in [6, 6.07) is 2.05. The molecule has 5 nitrogen and oxygen atoms in total. The molecule has 0 aromatic carbocycles. The number of carbonyl (C=O) groups is 1. The second kappa shape index (κ2) is 5.81. The monoisotopic (exact) mass is 207 g/mol. The number of aryl methyl sites for hydroxylation is 1. The molecule has 0 unspecified atom stereocenters. The molecule has 0 fully saturated rings. The third-order valence-corrected chi connectivity index (χ3v) is 1.95. The Balaban J connectivity index is 2.26. The summed E-state index contributed by atoms with van der Waals surface area (Å²) in [6.07, 6.45) is 3.37. The number of nitrogens with one attached hydrogen (secondary N) is 1. The van der Waals surface area contributed by atoms with Crippen LogP contribution in [0.15, 0.2) is 10.8 Å². The van der Waals surface area contributed by atoms with E-state index in [2.05, 4.69) is 16.4 Å². The molecule has 0 aliphatic rings. The summed E-state index contributed by atoms with van der Waals surface area (Å²) in [4.78, 5) is 15.3. The molecule has 1 heterocycles. The zero-order valence-electron chi connectivity index (χ0n) is 8.62. The summed E-state index contributed by atoms with van der Waals surface area (Å²) in [5.41, 5.74) is 0.588. The van der Waals surface area contributed by atoms with E-state index in [9.17, 15) is 4.79 Å². The number of nitriles is 1. The van der Waals surface area contributed by atoms with Crippen molar-refractivity contribution in [1.29, 1.82) is 5.26 Å². The maximum absolute atomic E-state index is 11.4. The Morgan fingerprint density at radius 1 is 1.67 bits per heavy atom. The number of carbonyl (C=O) groups excluding carboxylic acids is 1. The molecule has 1 N–H and O–H groups in total. The Morgan fingerprint density at radius 3 is 3.07 bits per heavy atom. The Kier molecular flexibility index (Phi) is 4.35. The van der Waals surface area contributed by atoms with Crippen LogP contribution in [0.4, 0.5) is 0 Å². The molecular weight excluding hydrogens is 194 g/mol. The van der Waals surface area contributed by atoms with Gasteiger partial charge < -0.3 is 9.73 Å². The highest BCUT2D eigenvalue weighted by Gasteiger charge is 2.12. The number of hydrogen-bond acceptors (Lipinski definition) is 4. The van der Waals surface area contributed by atoms with Gasteiger partial charge in [0, 0.05) is 13.0 Å². The van der Waals surface area contributed by atoms with E-state index in [4.69, 9.17) is 9.68 Å². The summed E-state index contributed by atoms with van der Waals surface area (Å²) in [5, 5.41) is 11.0. The molecule has 1 amide bonds. The largest absolute Gasteiger partial charge is 0.438 e. The summed E-state index contributed by atoms with van der Waals surface area (Å²) in [5.74, 6) is 0.0113. The van der Waals surface area contributed by atoms with Crippen LogP contribution in [0, 0.1) is 18.3 Å². The van der Waals surface area contributed by atoms with Crippen LogP contribution < -0.4 is 5.32 Å². The molecule has 80 valence electrons. The standard InChI is InChI=1S/C10H13N3O2/c1-8-9(15-7-13-8)10(14)12-6-4-2-3-5-11/h7H,2-4,6H2,1H3,(H,12,14). The van der Waals surface area contributed by atoms with Crippen molar-refractivity contribution < 1.29 is 9.21 Å². The summed E-state index contributed by atoms with van der Waals surface area (Å²) in [6.45, 7) is 2.27. The highest BCUT2D eigenvalue weighted by molar-refractivity contribution is 5.92. The molecule has 1 rings (SSSR count). The van der Waals surface area contributed by atoms with Gasteiger partial charge in [0.15, 0.2) is 6.39 Å². The van der Waals surface area contributed by atoms with Gasteiger partial charge in [0.2, 0.25) is 5.76 Å². The maximum atomic E-state index is 11.4. The molecule has 0 aliphatic heterocycles. The van der Waals surface area contributed by atoms with Crippen LogP contribution in [-0.2, 0) is 0 Å². The van der Waals surface area contributed by atoms with E-state index in [1.807, 2.05) is 0 Å². The van der Waals surface area contributed by atoms with E-state index in [1.165, 1.54) is 6.39 Å². The lowest BCUT2D eigenvalue weighted by Gasteiger charge is -2.01. The minimum Gasteiger partial charge on any atom is -0.438 e. The molecule has 0 saturated carbocycles. The third-order valence-electron chi connectivity index (χ3n) is 1.95. The highest BCUT2D eigenvalue weighted by atomic mass is 16.3. The number of hydrogen-bond donors (Lipinski definition) is 1. The second-order valence-electron chi connectivity index (χ2n) is 3.14. The number of oxazole rings is 1. The number of rotatable bonds is 5. The van der Waals surface area contributed by atoms with Crippen LogP contribution >= 0.6 is 0 Å². The fourth-order valence-electron chi connectivity index (χ4n) is 1.13. The highest BCUT2D eigenvalue weighted by Crippen LogP contribution is 2.04. The van der Waals surface area contributed by atoms with Crippen molar-refractivity contribution in [3.63, 3.8) is 0 Å². The minimum absolute atomic E-state index is 0.248. The van der Waals surface area contributed by atoms with Gasteiger partial charge in [0.1, 0.15) is 0 Å². The number of amides is 1. The van der Waals surface area contributed by atoms with Crippen molar-refractivity contribution in [2.45, 2.75) is 26.2 Å². The first-order valence-electron chi connectivity index (χ1n) is 4.81. The molecule has 0 spiro atoms. The minimum atomic E-state index is -0.248. The molecule has 1 aromatic heterocycles. The van der Waals surface area contributed by atoms with Gasteiger partial charge in [-0.2, -0.15) is 5.26 Å². The van der Waals surface area contributed by atoms with Crippen molar-refractivity contribution in [1.82, 2.24) is 10.3 Å². The average molecular weight is 207 g/mol. The lowest BCUT2D eigenvalue weighted by molar-refractivity contribution is 0.0924. The Bertz CT molecular complexity index is 365. The topological polar surface area (TPSA) is 78.9 Å². The first kappa shape index (κ1) is 11.2. The smallest absolute Gasteiger partial charge is 0.288 e. The van der Waals surface area contributed by atoms with Crippen LogP contribution in [0.2, 0.25) is 0 Å². The Hall–Kier alpha value is -1.83. The number of nitrogens with zero attached hydrogens (tertiary/aromatic N) is 2. The normalized spacial score (nSPS) is 9.60. The van der Waals surface area contributed by atoms with Crippen molar-refractivity contribution >= 4 is 5.91 Å². The van der Waals surface area contributed by atoms with E-state index >= 15 is 0 Å². The molecule has 1 aromatic rings. The van der Waals surface area contributed by atoms with Crippen LogP contribution in [-0.4, -0.2) is 17.4 Å². The number of unbranched alkanes of at least 4 members (excludes halogenated alkanes) is 2. The quantitative estimate of drug-likeness (QED) is 0.740. The van der Waals surface area contributed by atoms with Crippen LogP contribution in [0.1, 0.15) is 35.5 Å². The fraction of sp³-hybridized carbons (Fsp3) is 0.500. The third kappa shape index (κ3) is 3.43. The lowest BCUT2D eigenvalue weighted by atomic mass is 10.2. The van der Waals surface area contributed by atoms with Gasteiger partial charge in [-0.05, 0) is 19.8 Å².